The molecule has 0 saturated carbocycles. The van der Waals surface area contributed by atoms with Crippen LogP contribution in [0.2, 0.25) is 0 Å². The number of hydrogen-bond acceptors (Lipinski definition) is 5. The zero-order valence-electron chi connectivity index (χ0n) is 17.0. The summed E-state index contributed by atoms with van der Waals surface area (Å²) < 4.78 is 72.3. The van der Waals surface area contributed by atoms with Gasteiger partial charge in [0.05, 0.1) is 5.69 Å². The number of aromatic nitrogens is 1. The average Bonchev–Trinajstić information content (AvgIpc) is 2.98. The van der Waals surface area contributed by atoms with E-state index >= 15 is 0 Å². The van der Waals surface area contributed by atoms with Gasteiger partial charge in [0.2, 0.25) is 10.0 Å². The molecule has 3 fully saturated rings. The number of sulfonamides is 1. The Morgan fingerprint density at radius 3 is 2.33 bits per heavy atom. The Morgan fingerprint density at radius 1 is 1.13 bits per heavy atom. The predicted octanol–water partition coefficient (Wildman–Crippen LogP) is 3.11. The van der Waals surface area contributed by atoms with Crippen LogP contribution >= 0.6 is 0 Å². The lowest BCUT2D eigenvalue weighted by Gasteiger charge is -2.39. The third kappa shape index (κ3) is 4.37. The van der Waals surface area contributed by atoms with Crippen LogP contribution in [0.1, 0.15) is 49.9 Å². The monoisotopic (exact) mass is 447 g/mol. The third-order valence-electron chi connectivity index (χ3n) is 6.59. The fourth-order valence-electron chi connectivity index (χ4n) is 5.07. The van der Waals surface area contributed by atoms with Crippen molar-refractivity contribution in [2.75, 3.05) is 19.8 Å². The number of rotatable bonds is 5. The summed E-state index contributed by atoms with van der Waals surface area (Å²) >= 11 is 0. The van der Waals surface area contributed by atoms with Crippen molar-refractivity contribution in [2.45, 2.75) is 74.6 Å². The van der Waals surface area contributed by atoms with Crippen LogP contribution in [0.25, 0.3) is 0 Å². The van der Waals surface area contributed by atoms with Crippen molar-refractivity contribution in [3.05, 3.63) is 23.5 Å². The molecule has 1 N–H and O–H groups in total. The summed E-state index contributed by atoms with van der Waals surface area (Å²) in [6, 6.07) is 1.83. The smallest absolute Gasteiger partial charge is 0.381 e. The van der Waals surface area contributed by atoms with E-state index in [0.29, 0.717) is 5.92 Å². The fraction of sp³-hybridized carbons (Fsp3) is 0.750. The Labute approximate surface area is 175 Å². The molecule has 10 heteroatoms. The topological polar surface area (TPSA) is 71.5 Å². The standard InChI is InChI=1S/C20H28F3N3O3S/c1-13-18(4-5-19(25-13)20(21,22)23)30(27,28)26-16-2-3-17(26)11-15(10-16)24-12-14-6-8-29-9-7-14/h4-5,14-17,24H,2-3,6-12H2,1H3/t15-,16-,17?/m0/s1. The summed E-state index contributed by atoms with van der Waals surface area (Å²) in [5.74, 6) is 0.596. The zero-order valence-corrected chi connectivity index (χ0v) is 17.8. The first-order chi connectivity index (χ1) is 14.2. The van der Waals surface area contributed by atoms with Gasteiger partial charge in [0.15, 0.2) is 0 Å². The van der Waals surface area contributed by atoms with Crippen molar-refractivity contribution in [2.24, 2.45) is 5.92 Å². The van der Waals surface area contributed by atoms with Crippen molar-refractivity contribution in [3.8, 4) is 0 Å². The minimum absolute atomic E-state index is 0.107. The third-order valence-corrected chi connectivity index (χ3v) is 8.72. The molecule has 3 aliphatic heterocycles. The van der Waals surface area contributed by atoms with E-state index in [-0.39, 0.29) is 28.7 Å². The largest absolute Gasteiger partial charge is 0.433 e. The molecule has 0 spiro atoms. The van der Waals surface area contributed by atoms with E-state index in [1.165, 1.54) is 11.2 Å². The highest BCUT2D eigenvalue weighted by molar-refractivity contribution is 7.89. The van der Waals surface area contributed by atoms with Crippen LogP contribution in [-0.2, 0) is 20.9 Å². The Morgan fingerprint density at radius 2 is 1.77 bits per heavy atom. The molecule has 4 rings (SSSR count). The van der Waals surface area contributed by atoms with Crippen LogP contribution in [0.3, 0.4) is 0 Å². The van der Waals surface area contributed by atoms with E-state index in [1.807, 2.05) is 0 Å². The molecule has 6 nitrogen and oxygen atoms in total. The molecule has 1 aromatic heterocycles. The molecule has 0 amide bonds. The number of halogens is 3. The number of nitrogens with one attached hydrogen (secondary N) is 1. The molecular formula is C20H28F3N3O3S. The van der Waals surface area contributed by atoms with E-state index in [2.05, 4.69) is 10.3 Å². The minimum atomic E-state index is -4.60. The molecule has 0 radical (unpaired) electrons. The van der Waals surface area contributed by atoms with Gasteiger partial charge in [-0.1, -0.05) is 0 Å². The molecule has 3 atom stereocenters. The summed E-state index contributed by atoms with van der Waals surface area (Å²) in [5.41, 5.74) is -1.18. The molecule has 0 aliphatic carbocycles. The van der Waals surface area contributed by atoms with E-state index in [4.69, 9.17) is 4.74 Å². The van der Waals surface area contributed by atoms with Crippen LogP contribution in [-0.4, -0.2) is 55.6 Å². The second-order valence-corrected chi connectivity index (χ2v) is 10.4. The van der Waals surface area contributed by atoms with E-state index < -0.39 is 21.9 Å². The van der Waals surface area contributed by atoms with Crippen LogP contribution in [0.15, 0.2) is 17.0 Å². The SMILES string of the molecule is Cc1nc(C(F)(F)F)ccc1S(=O)(=O)N1C2CC[C@H]1C[C@H](NCC1CCOCC1)C2. The first-order valence-electron chi connectivity index (χ1n) is 10.6. The van der Waals surface area contributed by atoms with Crippen molar-refractivity contribution in [1.29, 1.82) is 0 Å². The van der Waals surface area contributed by atoms with Gasteiger partial charge in [-0.3, -0.25) is 0 Å². The summed E-state index contributed by atoms with van der Waals surface area (Å²) in [6.07, 6.45) is 0.526. The highest BCUT2D eigenvalue weighted by Crippen LogP contribution is 2.40. The molecule has 3 saturated heterocycles. The number of fused-ring (bicyclic) bond motifs is 2. The molecule has 4 heterocycles. The van der Waals surface area contributed by atoms with Gasteiger partial charge in [0, 0.05) is 31.3 Å². The number of pyridine rings is 1. The Hall–Kier alpha value is -1.23. The molecular weight excluding hydrogens is 419 g/mol. The Kier molecular flexibility index (Phi) is 6.13. The number of alkyl halides is 3. The molecule has 1 unspecified atom stereocenters. The van der Waals surface area contributed by atoms with Crippen LogP contribution in [0.5, 0.6) is 0 Å². The number of piperidine rings is 1. The summed E-state index contributed by atoms with van der Waals surface area (Å²) in [4.78, 5) is 3.39. The van der Waals surface area contributed by atoms with Crippen molar-refractivity contribution in [3.63, 3.8) is 0 Å². The van der Waals surface area contributed by atoms with Gasteiger partial charge in [-0.05, 0) is 70.0 Å². The van der Waals surface area contributed by atoms with Crippen molar-refractivity contribution in [1.82, 2.24) is 14.6 Å². The van der Waals surface area contributed by atoms with Crippen LogP contribution in [0.4, 0.5) is 13.2 Å². The van der Waals surface area contributed by atoms with Gasteiger partial charge >= 0.3 is 6.18 Å². The molecule has 168 valence electrons. The Bertz CT molecular complexity index is 858. The second-order valence-electron chi connectivity index (χ2n) is 8.63. The molecule has 3 aliphatic rings. The van der Waals surface area contributed by atoms with Crippen molar-refractivity contribution >= 4 is 10.0 Å². The summed E-state index contributed by atoms with van der Waals surface area (Å²) in [5, 5.41) is 3.62. The highest BCUT2D eigenvalue weighted by atomic mass is 32.2. The van der Waals surface area contributed by atoms with Crippen LogP contribution < -0.4 is 5.32 Å². The summed E-state index contributed by atoms with van der Waals surface area (Å²) in [7, 11) is -3.89. The lowest BCUT2D eigenvalue weighted by molar-refractivity contribution is -0.141. The first kappa shape index (κ1) is 22.0. The number of ether oxygens (including phenoxy) is 1. The summed E-state index contributed by atoms with van der Waals surface area (Å²) in [6.45, 7) is 3.85. The predicted molar refractivity (Wildman–Crippen MR) is 104 cm³/mol. The lowest BCUT2D eigenvalue weighted by Crippen LogP contribution is -2.52. The van der Waals surface area contributed by atoms with E-state index in [9.17, 15) is 21.6 Å². The van der Waals surface area contributed by atoms with Crippen molar-refractivity contribution < 1.29 is 26.3 Å². The number of nitrogens with zero attached hydrogens (tertiary/aromatic N) is 2. The molecule has 30 heavy (non-hydrogen) atoms. The quantitative estimate of drug-likeness (QED) is 0.751. The normalized spacial score (nSPS) is 28.7. The van der Waals surface area contributed by atoms with E-state index in [1.54, 1.807) is 0 Å². The van der Waals surface area contributed by atoms with Crippen LogP contribution in [0, 0.1) is 12.8 Å². The Balaban J connectivity index is 1.46. The number of aryl methyl sites for hydroxylation is 1. The maximum Gasteiger partial charge on any atom is 0.433 e. The maximum atomic E-state index is 13.3. The van der Waals surface area contributed by atoms with E-state index in [0.717, 1.165) is 70.4 Å². The highest BCUT2D eigenvalue weighted by Gasteiger charge is 2.47. The fourth-order valence-corrected chi connectivity index (χ4v) is 7.12. The lowest BCUT2D eigenvalue weighted by atomic mass is 9.96. The molecule has 2 bridgehead atoms. The van der Waals surface area contributed by atoms with Gasteiger partial charge in [-0.25, -0.2) is 13.4 Å². The first-order valence-corrected chi connectivity index (χ1v) is 12.0. The maximum absolute atomic E-state index is 13.3. The molecule has 0 aromatic carbocycles. The van der Waals surface area contributed by atoms with Gasteiger partial charge < -0.3 is 10.1 Å². The average molecular weight is 448 g/mol. The van der Waals surface area contributed by atoms with Gasteiger partial charge in [-0.2, -0.15) is 17.5 Å². The second kappa shape index (κ2) is 8.37. The number of hydrogen-bond donors (Lipinski definition) is 1. The molecule has 1 aromatic rings. The zero-order chi connectivity index (χ0) is 21.5. The van der Waals surface area contributed by atoms with Gasteiger partial charge in [0.25, 0.3) is 0 Å². The van der Waals surface area contributed by atoms with Gasteiger partial charge in [0.1, 0.15) is 10.6 Å². The minimum Gasteiger partial charge on any atom is -0.381 e. The van der Waals surface area contributed by atoms with Gasteiger partial charge in [-0.15, -0.1) is 0 Å².